The van der Waals surface area contributed by atoms with E-state index in [1.807, 2.05) is 48.5 Å². The van der Waals surface area contributed by atoms with Gasteiger partial charge in [-0.2, -0.15) is 0 Å². The van der Waals surface area contributed by atoms with Crippen LogP contribution >= 0.6 is 0 Å². The van der Waals surface area contributed by atoms with Crippen molar-refractivity contribution in [3.63, 3.8) is 0 Å². The van der Waals surface area contributed by atoms with Gasteiger partial charge in [0, 0.05) is 6.07 Å². The molecule has 36 heavy (non-hydrogen) atoms. The summed E-state index contributed by atoms with van der Waals surface area (Å²) in [4.78, 5) is 25.1. The van der Waals surface area contributed by atoms with Crippen LogP contribution in [-0.2, 0) is 14.3 Å². The van der Waals surface area contributed by atoms with Crippen LogP contribution in [0.1, 0.15) is 31.2 Å². The summed E-state index contributed by atoms with van der Waals surface area (Å²) in [5.41, 5.74) is 0.721. The number of hydrogen-bond acceptors (Lipinski definition) is 7. The highest BCUT2D eigenvalue weighted by atomic mass is 16.6. The molecule has 0 fully saturated rings. The van der Waals surface area contributed by atoms with Crippen LogP contribution in [0, 0.1) is 0 Å². The minimum absolute atomic E-state index is 0.0312. The fourth-order valence-electron chi connectivity index (χ4n) is 3.32. The largest absolute Gasteiger partial charge is 0.508 e. The van der Waals surface area contributed by atoms with E-state index >= 15 is 0 Å². The maximum absolute atomic E-state index is 12.9. The maximum Gasteiger partial charge on any atom is 0.368 e. The normalized spacial score (nSPS) is 12.2. The molecule has 0 aliphatic carbocycles. The van der Waals surface area contributed by atoms with Gasteiger partial charge in [0.25, 0.3) is 6.23 Å². The number of ether oxygens (including phenoxy) is 4. The van der Waals surface area contributed by atoms with Gasteiger partial charge in [-0.15, -0.1) is 0 Å². The Balaban J connectivity index is 1.50. The number of unbranched alkanes of at least 4 members (excludes halogenated alkanes) is 1. The van der Waals surface area contributed by atoms with Crippen molar-refractivity contribution in [3.05, 3.63) is 84.4 Å². The van der Waals surface area contributed by atoms with Crippen LogP contribution in [-0.4, -0.2) is 43.5 Å². The summed E-state index contributed by atoms with van der Waals surface area (Å²) in [6.45, 7) is 2.85. The number of methoxy groups -OCH3 is 1. The molecule has 0 aromatic heterocycles. The molecule has 8 nitrogen and oxygen atoms in total. The molecular weight excluding hydrogens is 462 g/mol. The molecule has 3 aromatic rings. The smallest absolute Gasteiger partial charge is 0.368 e. The van der Waals surface area contributed by atoms with Gasteiger partial charge in [0.1, 0.15) is 23.0 Å². The minimum Gasteiger partial charge on any atom is -0.508 e. The molecule has 0 saturated carbocycles. The monoisotopic (exact) mass is 493 g/mol. The summed E-state index contributed by atoms with van der Waals surface area (Å²) >= 11 is 0. The summed E-state index contributed by atoms with van der Waals surface area (Å²) in [5, 5.41) is 12.2. The van der Waals surface area contributed by atoms with Gasteiger partial charge in [0.15, 0.2) is 0 Å². The quantitative estimate of drug-likeness (QED) is 0.206. The molecule has 3 rings (SSSR count). The van der Waals surface area contributed by atoms with Gasteiger partial charge in [-0.25, -0.2) is 4.79 Å². The van der Waals surface area contributed by atoms with Crippen LogP contribution in [0.4, 0.5) is 0 Å². The van der Waals surface area contributed by atoms with Crippen LogP contribution in [0.5, 0.6) is 23.0 Å². The topological polar surface area (TPSA) is 103 Å². The molecule has 0 heterocycles. The van der Waals surface area contributed by atoms with Crippen molar-refractivity contribution in [2.24, 2.45) is 0 Å². The van der Waals surface area contributed by atoms with Crippen molar-refractivity contribution in [1.29, 1.82) is 0 Å². The van der Waals surface area contributed by atoms with Crippen molar-refractivity contribution in [1.82, 2.24) is 5.32 Å². The molecule has 0 radical (unpaired) electrons. The Morgan fingerprint density at radius 1 is 0.833 bits per heavy atom. The summed E-state index contributed by atoms with van der Waals surface area (Å²) in [6, 6.07) is 22.8. The van der Waals surface area contributed by atoms with Crippen LogP contribution in [0.3, 0.4) is 0 Å². The molecule has 2 N–H and O–H groups in total. The summed E-state index contributed by atoms with van der Waals surface area (Å²) in [6.07, 6.45) is 0.297. The molecule has 0 bridgehead atoms. The van der Waals surface area contributed by atoms with Gasteiger partial charge >= 0.3 is 5.97 Å². The fraction of sp³-hybridized carbons (Fsp3) is 0.286. The SMILES string of the molecule is COC(=O)C(NC(=O)C(C)c1cccc(OCCCCOc2ccccc2)c1)Oc1cccc(O)c1. The van der Waals surface area contributed by atoms with Gasteiger partial charge in [-0.3, -0.25) is 4.79 Å². The second kappa shape index (κ2) is 13.6. The molecular formula is C28H31NO7. The van der Waals surface area contributed by atoms with E-state index in [9.17, 15) is 14.7 Å². The summed E-state index contributed by atoms with van der Waals surface area (Å²) in [7, 11) is 1.20. The Morgan fingerprint density at radius 2 is 1.47 bits per heavy atom. The number of aromatic hydroxyl groups is 1. The molecule has 8 heteroatoms. The third kappa shape index (κ3) is 8.23. The highest BCUT2D eigenvalue weighted by molar-refractivity contribution is 5.87. The van der Waals surface area contributed by atoms with Crippen LogP contribution in [0.15, 0.2) is 78.9 Å². The van der Waals surface area contributed by atoms with E-state index in [1.54, 1.807) is 25.1 Å². The predicted molar refractivity (Wildman–Crippen MR) is 134 cm³/mol. The number of carbonyl (C=O) groups is 2. The molecule has 3 aromatic carbocycles. The number of para-hydroxylation sites is 1. The molecule has 0 saturated heterocycles. The van der Waals surface area contributed by atoms with Crippen LogP contribution < -0.4 is 19.5 Å². The predicted octanol–water partition coefficient (Wildman–Crippen LogP) is 4.43. The third-order valence-electron chi connectivity index (χ3n) is 5.33. The zero-order valence-corrected chi connectivity index (χ0v) is 20.4. The maximum atomic E-state index is 12.9. The second-order valence-electron chi connectivity index (χ2n) is 8.04. The lowest BCUT2D eigenvalue weighted by Gasteiger charge is -2.21. The Labute approximate surface area is 210 Å². The van der Waals surface area contributed by atoms with Crippen molar-refractivity contribution < 1.29 is 33.6 Å². The standard InChI is InChI=1S/C28H31NO7/c1-20(26(31)29-27(28(32)33-2)36-25-15-9-11-22(30)19-25)21-10-8-14-24(18-21)35-17-7-6-16-34-23-12-4-3-5-13-23/h3-5,8-15,18-20,27,30H,6-7,16-17H2,1-2H3,(H,29,31). The van der Waals surface area contributed by atoms with Crippen molar-refractivity contribution >= 4 is 11.9 Å². The zero-order chi connectivity index (χ0) is 25.8. The van der Waals surface area contributed by atoms with Crippen molar-refractivity contribution in [2.75, 3.05) is 20.3 Å². The number of nitrogens with one attached hydrogen (secondary N) is 1. The number of esters is 1. The molecule has 0 aliphatic rings. The number of hydrogen-bond donors (Lipinski definition) is 2. The van der Waals surface area contributed by atoms with Gasteiger partial charge in [-0.05, 0) is 61.7 Å². The molecule has 0 aliphatic heterocycles. The fourth-order valence-corrected chi connectivity index (χ4v) is 3.32. The Bertz CT molecular complexity index is 1120. The highest BCUT2D eigenvalue weighted by Crippen LogP contribution is 2.23. The Kier molecular flexibility index (Phi) is 10.00. The first-order valence-electron chi connectivity index (χ1n) is 11.7. The lowest BCUT2D eigenvalue weighted by molar-refractivity contribution is -0.153. The lowest BCUT2D eigenvalue weighted by atomic mass is 10.00. The summed E-state index contributed by atoms with van der Waals surface area (Å²) in [5.74, 6) is -0.114. The van der Waals surface area contributed by atoms with E-state index in [4.69, 9.17) is 18.9 Å². The highest BCUT2D eigenvalue weighted by Gasteiger charge is 2.27. The van der Waals surface area contributed by atoms with Gasteiger partial charge < -0.3 is 29.4 Å². The first-order chi connectivity index (χ1) is 17.5. The molecule has 1 amide bonds. The number of benzene rings is 3. The average Bonchev–Trinajstić information content (AvgIpc) is 2.90. The molecule has 0 spiro atoms. The first-order valence-corrected chi connectivity index (χ1v) is 11.7. The Hall–Kier alpha value is -4.20. The number of rotatable bonds is 13. The van der Waals surface area contributed by atoms with E-state index in [-0.39, 0.29) is 11.5 Å². The molecule has 190 valence electrons. The van der Waals surface area contributed by atoms with E-state index < -0.39 is 24.0 Å². The number of phenolic OH excluding ortho intramolecular Hbond substituents is 1. The number of carbonyl (C=O) groups excluding carboxylic acids is 2. The van der Waals surface area contributed by atoms with E-state index in [0.29, 0.717) is 19.0 Å². The Morgan fingerprint density at radius 3 is 2.17 bits per heavy atom. The molecule has 2 atom stereocenters. The van der Waals surface area contributed by atoms with E-state index in [1.165, 1.54) is 19.2 Å². The van der Waals surface area contributed by atoms with E-state index in [2.05, 4.69) is 5.32 Å². The van der Waals surface area contributed by atoms with Crippen LogP contribution in [0.25, 0.3) is 0 Å². The van der Waals surface area contributed by atoms with Gasteiger partial charge in [0.2, 0.25) is 5.91 Å². The summed E-state index contributed by atoms with van der Waals surface area (Å²) < 4.78 is 21.8. The third-order valence-corrected chi connectivity index (χ3v) is 5.33. The molecule has 2 unspecified atom stereocenters. The van der Waals surface area contributed by atoms with Crippen LogP contribution in [0.2, 0.25) is 0 Å². The van der Waals surface area contributed by atoms with Crippen molar-refractivity contribution in [2.45, 2.75) is 31.9 Å². The van der Waals surface area contributed by atoms with Gasteiger partial charge in [0.05, 0.1) is 26.2 Å². The lowest BCUT2D eigenvalue weighted by Crippen LogP contribution is -2.47. The van der Waals surface area contributed by atoms with Crippen molar-refractivity contribution in [3.8, 4) is 23.0 Å². The number of phenols is 1. The number of amides is 1. The minimum atomic E-state index is -1.37. The van der Waals surface area contributed by atoms with E-state index in [0.717, 1.165) is 24.2 Å². The van der Waals surface area contributed by atoms with Gasteiger partial charge in [-0.1, -0.05) is 36.4 Å². The zero-order valence-electron chi connectivity index (χ0n) is 20.4. The average molecular weight is 494 g/mol. The first kappa shape index (κ1) is 26.4. The second-order valence-corrected chi connectivity index (χ2v) is 8.04.